The highest BCUT2D eigenvalue weighted by atomic mass is 16.5. The maximum Gasteiger partial charge on any atom is 0.225 e. The largest absolute Gasteiger partial charge is 0.383 e. The summed E-state index contributed by atoms with van der Waals surface area (Å²) in [7, 11) is 1.64. The fourth-order valence-corrected chi connectivity index (χ4v) is 3.11. The van der Waals surface area contributed by atoms with Crippen molar-refractivity contribution in [2.45, 2.75) is 25.5 Å². The van der Waals surface area contributed by atoms with E-state index in [0.717, 1.165) is 17.7 Å². The molecule has 1 amide bonds. The first-order valence-electron chi connectivity index (χ1n) is 8.64. The second-order valence-electron chi connectivity index (χ2n) is 6.14. The topological polar surface area (TPSA) is 51.7 Å². The van der Waals surface area contributed by atoms with Crippen LogP contribution in [-0.2, 0) is 27.2 Å². The van der Waals surface area contributed by atoms with E-state index in [-0.39, 0.29) is 12.0 Å². The number of pyridine rings is 1. The normalized spacial score (nSPS) is 16.3. The molecule has 1 aliphatic heterocycles. The van der Waals surface area contributed by atoms with E-state index in [1.54, 1.807) is 18.2 Å². The molecule has 1 atom stereocenters. The van der Waals surface area contributed by atoms with Gasteiger partial charge in [-0.05, 0) is 29.7 Å². The molecule has 3 rings (SSSR count). The van der Waals surface area contributed by atoms with Gasteiger partial charge in [0.1, 0.15) is 0 Å². The van der Waals surface area contributed by atoms with Gasteiger partial charge in [-0.2, -0.15) is 0 Å². The highest BCUT2D eigenvalue weighted by Crippen LogP contribution is 2.30. The quantitative estimate of drug-likeness (QED) is 0.778. The fourth-order valence-electron chi connectivity index (χ4n) is 3.11. The van der Waals surface area contributed by atoms with Crippen molar-refractivity contribution in [2.75, 3.05) is 26.9 Å². The second kappa shape index (κ2) is 8.74. The number of benzene rings is 1. The maximum atomic E-state index is 12.9. The molecule has 0 fully saturated rings. The summed E-state index contributed by atoms with van der Waals surface area (Å²) in [6.07, 6.45) is 2.82. The molecule has 0 N–H and O–H groups in total. The first-order chi connectivity index (χ1) is 12.3. The van der Waals surface area contributed by atoms with E-state index in [2.05, 4.69) is 17.1 Å². The molecule has 0 radical (unpaired) electrons. The van der Waals surface area contributed by atoms with E-state index in [4.69, 9.17) is 9.47 Å². The molecule has 5 nitrogen and oxygen atoms in total. The van der Waals surface area contributed by atoms with Crippen LogP contribution in [0.25, 0.3) is 0 Å². The average molecular weight is 340 g/mol. The molecule has 1 aromatic heterocycles. The van der Waals surface area contributed by atoms with Crippen molar-refractivity contribution in [1.82, 2.24) is 9.88 Å². The summed E-state index contributed by atoms with van der Waals surface area (Å²) in [6, 6.07) is 14.0. The first-order valence-corrected chi connectivity index (χ1v) is 8.64. The van der Waals surface area contributed by atoms with Gasteiger partial charge in [-0.25, -0.2) is 0 Å². The van der Waals surface area contributed by atoms with Crippen molar-refractivity contribution in [3.05, 3.63) is 65.5 Å². The number of rotatable bonds is 7. The van der Waals surface area contributed by atoms with Crippen LogP contribution in [0.15, 0.2) is 48.7 Å². The van der Waals surface area contributed by atoms with Gasteiger partial charge < -0.3 is 14.4 Å². The predicted octanol–water partition coefficient (Wildman–Crippen LogP) is 2.76. The molecule has 0 spiro atoms. The van der Waals surface area contributed by atoms with Crippen molar-refractivity contribution in [2.24, 2.45) is 0 Å². The van der Waals surface area contributed by atoms with E-state index in [9.17, 15) is 4.79 Å². The summed E-state index contributed by atoms with van der Waals surface area (Å²) >= 11 is 0. The smallest absolute Gasteiger partial charge is 0.225 e. The Morgan fingerprint density at radius 3 is 2.92 bits per heavy atom. The third-order valence-corrected chi connectivity index (χ3v) is 4.45. The minimum absolute atomic E-state index is 0.0596. The van der Waals surface area contributed by atoms with Crippen LogP contribution in [0.1, 0.15) is 29.3 Å². The Balaban J connectivity index is 1.70. The fraction of sp³-hybridized carbons (Fsp3) is 0.400. The van der Waals surface area contributed by atoms with Crippen molar-refractivity contribution < 1.29 is 14.3 Å². The number of carbonyl (C=O) groups excluding carboxylic acids is 1. The van der Waals surface area contributed by atoms with Crippen LogP contribution >= 0.6 is 0 Å². The van der Waals surface area contributed by atoms with E-state index in [1.165, 1.54) is 5.56 Å². The van der Waals surface area contributed by atoms with Crippen LogP contribution in [0.3, 0.4) is 0 Å². The summed E-state index contributed by atoms with van der Waals surface area (Å²) < 4.78 is 11.0. The molecule has 0 unspecified atom stereocenters. The lowest BCUT2D eigenvalue weighted by Gasteiger charge is -2.28. The zero-order valence-corrected chi connectivity index (χ0v) is 14.6. The van der Waals surface area contributed by atoms with Gasteiger partial charge in [-0.15, -0.1) is 0 Å². The van der Waals surface area contributed by atoms with Gasteiger partial charge in [-0.3, -0.25) is 9.78 Å². The first kappa shape index (κ1) is 17.6. The lowest BCUT2D eigenvalue weighted by Crippen LogP contribution is -2.35. The summed E-state index contributed by atoms with van der Waals surface area (Å²) in [5.41, 5.74) is 3.28. The summed E-state index contributed by atoms with van der Waals surface area (Å²) in [4.78, 5) is 19.0. The number of methoxy groups -OCH3 is 1. The third kappa shape index (κ3) is 4.65. The third-order valence-electron chi connectivity index (χ3n) is 4.45. The highest BCUT2D eigenvalue weighted by Gasteiger charge is 2.25. The molecular formula is C20H24N2O3. The number of carbonyl (C=O) groups is 1. The van der Waals surface area contributed by atoms with Gasteiger partial charge in [0.05, 0.1) is 38.0 Å². The molecule has 2 aromatic rings. The molecule has 0 saturated heterocycles. The molecule has 2 heterocycles. The van der Waals surface area contributed by atoms with Crippen LogP contribution in [0.5, 0.6) is 0 Å². The van der Waals surface area contributed by atoms with Crippen molar-refractivity contribution in [1.29, 1.82) is 0 Å². The molecule has 0 aliphatic carbocycles. The number of aromatic nitrogens is 1. The van der Waals surface area contributed by atoms with Crippen LogP contribution in [0.2, 0.25) is 0 Å². The monoisotopic (exact) mass is 340 g/mol. The van der Waals surface area contributed by atoms with Crippen LogP contribution in [-0.4, -0.2) is 42.7 Å². The summed E-state index contributed by atoms with van der Waals surface area (Å²) in [5, 5.41) is 0. The molecule has 5 heteroatoms. The number of nitrogens with zero attached hydrogens (tertiary/aromatic N) is 2. The van der Waals surface area contributed by atoms with Crippen LogP contribution in [0, 0.1) is 0 Å². The molecule has 132 valence electrons. The maximum absolute atomic E-state index is 12.9. The molecular weight excluding hydrogens is 316 g/mol. The van der Waals surface area contributed by atoms with Gasteiger partial charge in [0, 0.05) is 19.9 Å². The SMILES string of the molecule is COCCN(Cc1ccccn1)C(=O)C[C@H]1OCCc2ccccc21. The number of ether oxygens (including phenoxy) is 2. The molecule has 25 heavy (non-hydrogen) atoms. The molecule has 0 saturated carbocycles. The van der Waals surface area contributed by atoms with Crippen LogP contribution in [0.4, 0.5) is 0 Å². The molecule has 1 aromatic carbocycles. The van der Waals surface area contributed by atoms with Crippen molar-refractivity contribution in [3.63, 3.8) is 0 Å². The molecule has 0 bridgehead atoms. The van der Waals surface area contributed by atoms with E-state index >= 15 is 0 Å². The van der Waals surface area contributed by atoms with E-state index < -0.39 is 0 Å². The molecule has 1 aliphatic rings. The Hall–Kier alpha value is -2.24. The average Bonchev–Trinajstić information content (AvgIpc) is 2.66. The lowest BCUT2D eigenvalue weighted by atomic mass is 9.95. The van der Waals surface area contributed by atoms with Crippen molar-refractivity contribution >= 4 is 5.91 Å². The number of amides is 1. The zero-order chi connectivity index (χ0) is 17.5. The Morgan fingerprint density at radius 2 is 2.12 bits per heavy atom. The minimum atomic E-state index is -0.175. The summed E-state index contributed by atoms with van der Waals surface area (Å²) in [6.45, 7) is 2.19. The predicted molar refractivity (Wildman–Crippen MR) is 95.0 cm³/mol. The van der Waals surface area contributed by atoms with Gasteiger partial charge in [0.25, 0.3) is 0 Å². The number of hydrogen-bond acceptors (Lipinski definition) is 4. The highest BCUT2D eigenvalue weighted by molar-refractivity contribution is 5.77. The van der Waals surface area contributed by atoms with Gasteiger partial charge in [-0.1, -0.05) is 30.3 Å². The Bertz CT molecular complexity index is 690. The Labute approximate surface area is 148 Å². The Kier molecular flexibility index (Phi) is 6.14. The summed E-state index contributed by atoms with van der Waals surface area (Å²) in [5.74, 6) is 0.0596. The minimum Gasteiger partial charge on any atom is -0.383 e. The van der Waals surface area contributed by atoms with E-state index in [1.807, 2.05) is 30.3 Å². The van der Waals surface area contributed by atoms with Gasteiger partial charge in [0.2, 0.25) is 5.91 Å². The van der Waals surface area contributed by atoms with Crippen molar-refractivity contribution in [3.8, 4) is 0 Å². The zero-order valence-electron chi connectivity index (χ0n) is 14.6. The van der Waals surface area contributed by atoms with E-state index in [0.29, 0.717) is 32.7 Å². The lowest BCUT2D eigenvalue weighted by molar-refractivity contribution is -0.136. The Morgan fingerprint density at radius 1 is 1.28 bits per heavy atom. The van der Waals surface area contributed by atoms with Gasteiger partial charge >= 0.3 is 0 Å². The number of fused-ring (bicyclic) bond motifs is 1. The second-order valence-corrected chi connectivity index (χ2v) is 6.14. The van der Waals surface area contributed by atoms with Crippen LogP contribution < -0.4 is 0 Å². The number of hydrogen-bond donors (Lipinski definition) is 0. The standard InChI is InChI=1S/C20H24N2O3/c1-24-13-11-22(15-17-7-4-5-10-21-17)20(23)14-19-18-8-3-2-6-16(18)9-12-25-19/h2-8,10,19H,9,11-15H2,1H3/t19-/m1/s1. The van der Waals surface area contributed by atoms with Gasteiger partial charge in [0.15, 0.2) is 0 Å².